The van der Waals surface area contributed by atoms with Crippen LogP contribution in [0.2, 0.25) is 0 Å². The van der Waals surface area contributed by atoms with E-state index in [2.05, 4.69) is 5.32 Å². The van der Waals surface area contributed by atoms with Crippen molar-refractivity contribution in [3.05, 3.63) is 29.8 Å². The first kappa shape index (κ1) is 13.6. The molecule has 0 atom stereocenters. The Labute approximate surface area is 113 Å². The van der Waals surface area contributed by atoms with Crippen molar-refractivity contribution in [1.82, 2.24) is 0 Å². The fraction of sp³-hybridized carbons (Fsp3) is 0.467. The van der Waals surface area contributed by atoms with Crippen molar-refractivity contribution in [3.63, 3.8) is 0 Å². The van der Waals surface area contributed by atoms with Gasteiger partial charge >= 0.3 is 5.97 Å². The second-order valence-corrected chi connectivity index (χ2v) is 5.33. The molecule has 102 valence electrons. The molecular formula is C15H19NO3. The molecular weight excluding hydrogens is 242 g/mol. The predicted octanol–water partition coefficient (Wildman–Crippen LogP) is 2.85. The third-order valence-corrected chi connectivity index (χ3v) is 2.88. The van der Waals surface area contributed by atoms with Gasteiger partial charge in [0.2, 0.25) is 5.91 Å². The zero-order chi connectivity index (χ0) is 13.8. The lowest BCUT2D eigenvalue weighted by molar-refractivity contribution is -0.117. The molecule has 1 aliphatic carbocycles. The molecule has 4 heteroatoms. The van der Waals surface area contributed by atoms with Crippen LogP contribution in [-0.4, -0.2) is 18.5 Å². The van der Waals surface area contributed by atoms with E-state index < -0.39 is 0 Å². The summed E-state index contributed by atoms with van der Waals surface area (Å²) >= 11 is 0. The molecule has 0 saturated heterocycles. The molecule has 4 nitrogen and oxygen atoms in total. The highest BCUT2D eigenvalue weighted by Crippen LogP contribution is 2.30. The number of benzene rings is 1. The van der Waals surface area contributed by atoms with Crippen molar-refractivity contribution in [2.75, 3.05) is 11.9 Å². The van der Waals surface area contributed by atoms with Crippen molar-refractivity contribution in [2.24, 2.45) is 11.8 Å². The SMILES string of the molecule is CC(C)COC(=O)c1ccc(NC(=O)C2CC2)cc1. The molecule has 1 fully saturated rings. The molecule has 1 saturated carbocycles. The summed E-state index contributed by atoms with van der Waals surface area (Å²) in [5.41, 5.74) is 1.22. The lowest BCUT2D eigenvalue weighted by atomic mass is 10.2. The highest BCUT2D eigenvalue weighted by molar-refractivity contribution is 5.95. The molecule has 0 aliphatic heterocycles. The molecule has 0 bridgehead atoms. The molecule has 1 amide bonds. The van der Waals surface area contributed by atoms with Crippen LogP contribution >= 0.6 is 0 Å². The molecule has 2 rings (SSSR count). The van der Waals surface area contributed by atoms with E-state index in [1.165, 1.54) is 0 Å². The number of ether oxygens (including phenoxy) is 1. The number of esters is 1. The van der Waals surface area contributed by atoms with Crippen molar-refractivity contribution in [3.8, 4) is 0 Å². The van der Waals surface area contributed by atoms with Gasteiger partial charge in [0.05, 0.1) is 12.2 Å². The number of amides is 1. The summed E-state index contributed by atoms with van der Waals surface area (Å²) in [7, 11) is 0. The van der Waals surface area contributed by atoms with Crippen LogP contribution < -0.4 is 5.32 Å². The lowest BCUT2D eigenvalue weighted by Crippen LogP contribution is -2.13. The molecule has 1 aliphatic rings. The van der Waals surface area contributed by atoms with Crippen molar-refractivity contribution >= 4 is 17.6 Å². The van der Waals surface area contributed by atoms with Gasteiger partial charge in [-0.2, -0.15) is 0 Å². The number of rotatable bonds is 5. The molecule has 19 heavy (non-hydrogen) atoms. The van der Waals surface area contributed by atoms with Crippen LogP contribution in [0.3, 0.4) is 0 Å². The molecule has 1 aromatic rings. The summed E-state index contributed by atoms with van der Waals surface area (Å²) in [5, 5.41) is 2.83. The van der Waals surface area contributed by atoms with E-state index in [9.17, 15) is 9.59 Å². The summed E-state index contributed by atoms with van der Waals surface area (Å²) in [6.45, 7) is 4.40. The molecule has 1 aromatic carbocycles. The number of anilines is 1. The zero-order valence-corrected chi connectivity index (χ0v) is 11.3. The second kappa shape index (κ2) is 5.87. The minimum atomic E-state index is -0.325. The third-order valence-electron chi connectivity index (χ3n) is 2.88. The predicted molar refractivity (Wildman–Crippen MR) is 72.9 cm³/mol. The monoisotopic (exact) mass is 261 g/mol. The van der Waals surface area contributed by atoms with Crippen LogP contribution in [0.1, 0.15) is 37.0 Å². The molecule has 0 spiro atoms. The lowest BCUT2D eigenvalue weighted by Gasteiger charge is -2.08. The quantitative estimate of drug-likeness (QED) is 0.829. The van der Waals surface area contributed by atoms with Gasteiger partial charge in [-0.1, -0.05) is 13.8 Å². The summed E-state index contributed by atoms with van der Waals surface area (Å²) in [5.74, 6) is 0.237. The van der Waals surface area contributed by atoms with Gasteiger partial charge in [0.25, 0.3) is 0 Å². The van der Waals surface area contributed by atoms with Crippen molar-refractivity contribution in [2.45, 2.75) is 26.7 Å². The van der Waals surface area contributed by atoms with E-state index in [1.807, 2.05) is 13.8 Å². The first-order chi connectivity index (χ1) is 9.06. The molecule has 0 heterocycles. The normalized spacial score (nSPS) is 14.3. The molecule has 0 aromatic heterocycles. The Bertz CT molecular complexity index is 461. The Hall–Kier alpha value is -1.84. The van der Waals surface area contributed by atoms with E-state index in [4.69, 9.17) is 4.74 Å². The Balaban J connectivity index is 1.89. The standard InChI is InChI=1S/C15H19NO3/c1-10(2)9-19-15(18)12-5-7-13(8-6-12)16-14(17)11-3-4-11/h5-8,10-11H,3-4,9H2,1-2H3,(H,16,17). The Morgan fingerprint density at radius 2 is 1.89 bits per heavy atom. The Morgan fingerprint density at radius 1 is 1.26 bits per heavy atom. The van der Waals surface area contributed by atoms with Gasteiger partial charge in [0.15, 0.2) is 0 Å². The van der Waals surface area contributed by atoms with E-state index in [1.54, 1.807) is 24.3 Å². The van der Waals surface area contributed by atoms with Crippen LogP contribution in [0.15, 0.2) is 24.3 Å². The molecule has 1 N–H and O–H groups in total. The molecule has 0 unspecified atom stereocenters. The van der Waals surface area contributed by atoms with E-state index in [0.717, 1.165) is 18.5 Å². The maximum absolute atomic E-state index is 11.7. The summed E-state index contributed by atoms with van der Waals surface area (Å²) in [6, 6.07) is 6.80. The Kier molecular flexibility index (Phi) is 4.20. The van der Waals surface area contributed by atoms with E-state index >= 15 is 0 Å². The average Bonchev–Trinajstić information content (AvgIpc) is 3.21. The average molecular weight is 261 g/mol. The van der Waals surface area contributed by atoms with Gasteiger partial charge in [0.1, 0.15) is 0 Å². The fourth-order valence-corrected chi connectivity index (χ4v) is 1.61. The largest absolute Gasteiger partial charge is 0.462 e. The van der Waals surface area contributed by atoms with Crippen LogP contribution in [0, 0.1) is 11.8 Å². The minimum absolute atomic E-state index is 0.0649. The maximum Gasteiger partial charge on any atom is 0.338 e. The molecule has 0 radical (unpaired) electrons. The number of hydrogen-bond donors (Lipinski definition) is 1. The number of carbonyl (C=O) groups excluding carboxylic acids is 2. The first-order valence-electron chi connectivity index (χ1n) is 6.64. The van der Waals surface area contributed by atoms with Crippen molar-refractivity contribution in [1.29, 1.82) is 0 Å². The van der Waals surface area contributed by atoms with Gasteiger partial charge in [0, 0.05) is 11.6 Å². The van der Waals surface area contributed by atoms with Crippen LogP contribution in [0.5, 0.6) is 0 Å². The Morgan fingerprint density at radius 3 is 2.42 bits per heavy atom. The highest BCUT2D eigenvalue weighted by atomic mass is 16.5. The number of nitrogens with one attached hydrogen (secondary N) is 1. The van der Waals surface area contributed by atoms with Gasteiger partial charge < -0.3 is 10.1 Å². The second-order valence-electron chi connectivity index (χ2n) is 5.33. The summed E-state index contributed by atoms with van der Waals surface area (Å²) in [4.78, 5) is 23.3. The number of hydrogen-bond acceptors (Lipinski definition) is 3. The number of carbonyl (C=O) groups is 2. The summed E-state index contributed by atoms with van der Waals surface area (Å²) in [6.07, 6.45) is 1.96. The van der Waals surface area contributed by atoms with Gasteiger partial charge in [-0.15, -0.1) is 0 Å². The summed E-state index contributed by atoms with van der Waals surface area (Å²) < 4.78 is 5.13. The third kappa shape index (κ3) is 4.09. The maximum atomic E-state index is 11.7. The zero-order valence-electron chi connectivity index (χ0n) is 11.3. The van der Waals surface area contributed by atoms with Gasteiger partial charge in [-0.3, -0.25) is 4.79 Å². The topological polar surface area (TPSA) is 55.4 Å². The van der Waals surface area contributed by atoms with E-state index in [0.29, 0.717) is 18.1 Å². The highest BCUT2D eigenvalue weighted by Gasteiger charge is 2.29. The van der Waals surface area contributed by atoms with Gasteiger partial charge in [-0.25, -0.2) is 4.79 Å². The van der Waals surface area contributed by atoms with Crippen LogP contribution in [0.4, 0.5) is 5.69 Å². The van der Waals surface area contributed by atoms with Gasteiger partial charge in [-0.05, 0) is 43.0 Å². The minimum Gasteiger partial charge on any atom is -0.462 e. The van der Waals surface area contributed by atoms with Crippen molar-refractivity contribution < 1.29 is 14.3 Å². The van der Waals surface area contributed by atoms with E-state index in [-0.39, 0.29) is 17.8 Å². The first-order valence-corrected chi connectivity index (χ1v) is 6.64. The fourth-order valence-electron chi connectivity index (χ4n) is 1.61. The van der Waals surface area contributed by atoms with Crippen LogP contribution in [-0.2, 0) is 9.53 Å². The van der Waals surface area contributed by atoms with Crippen LogP contribution in [0.25, 0.3) is 0 Å². The smallest absolute Gasteiger partial charge is 0.338 e.